The van der Waals surface area contributed by atoms with Crippen LogP contribution in [0.5, 0.6) is 5.75 Å². The number of phenolic OH excluding ortho intramolecular Hbond substituents is 1. The van der Waals surface area contributed by atoms with Crippen molar-refractivity contribution >= 4 is 17.0 Å². The number of aromatic hydroxyl groups is 1. The van der Waals surface area contributed by atoms with Gasteiger partial charge < -0.3 is 9.67 Å². The molecule has 1 aliphatic rings. The number of aromatic nitrogens is 2. The Bertz CT molecular complexity index is 515. The molecule has 0 aliphatic heterocycles. The molecule has 1 aromatic carbocycles. The van der Waals surface area contributed by atoms with Crippen LogP contribution in [0, 0.1) is 0 Å². The largest absolute Gasteiger partial charge is 0.506 e. The highest BCUT2D eigenvalue weighted by Gasteiger charge is 2.29. The normalized spacial score (nSPS) is 15.8. The lowest BCUT2D eigenvalue weighted by Crippen LogP contribution is -2.12. The molecule has 2 aromatic rings. The lowest BCUT2D eigenvalue weighted by atomic mass is 10.3. The summed E-state index contributed by atoms with van der Waals surface area (Å²) in [6.07, 6.45) is 2.24. The Kier molecular flexibility index (Phi) is 1.63. The Morgan fingerprint density at radius 2 is 2.27 bits per heavy atom. The minimum absolute atomic E-state index is 0.258. The number of nitrogens with one attached hydrogen (secondary N) is 1. The maximum Gasteiger partial charge on any atom is 0.218 e. The number of nitrogens with zero attached hydrogens (tertiary/aromatic N) is 2. The Hall–Kier alpha value is -1.75. The van der Waals surface area contributed by atoms with Gasteiger partial charge in [-0.2, -0.15) is 0 Å². The number of hydrazine groups is 1. The zero-order valence-electron chi connectivity index (χ0n) is 8.14. The van der Waals surface area contributed by atoms with E-state index in [2.05, 4.69) is 10.4 Å². The molecule has 15 heavy (non-hydrogen) atoms. The van der Waals surface area contributed by atoms with E-state index in [-0.39, 0.29) is 5.75 Å². The summed E-state index contributed by atoms with van der Waals surface area (Å²) < 4.78 is 1.98. The monoisotopic (exact) mass is 204 g/mol. The van der Waals surface area contributed by atoms with Crippen molar-refractivity contribution in [2.24, 2.45) is 5.84 Å². The van der Waals surface area contributed by atoms with E-state index >= 15 is 0 Å². The highest BCUT2D eigenvalue weighted by atomic mass is 16.3. The van der Waals surface area contributed by atoms with Crippen LogP contribution in [0.15, 0.2) is 18.2 Å². The molecule has 0 atom stereocenters. The van der Waals surface area contributed by atoms with E-state index in [4.69, 9.17) is 5.84 Å². The summed E-state index contributed by atoms with van der Waals surface area (Å²) in [5.74, 6) is 6.29. The molecule has 0 saturated heterocycles. The van der Waals surface area contributed by atoms with Gasteiger partial charge in [0.15, 0.2) is 0 Å². The van der Waals surface area contributed by atoms with Gasteiger partial charge in [-0.1, -0.05) is 6.07 Å². The first-order valence-electron chi connectivity index (χ1n) is 4.98. The van der Waals surface area contributed by atoms with Crippen molar-refractivity contribution < 1.29 is 5.11 Å². The van der Waals surface area contributed by atoms with Gasteiger partial charge in [0, 0.05) is 6.04 Å². The number of rotatable bonds is 2. The first-order chi connectivity index (χ1) is 7.31. The van der Waals surface area contributed by atoms with E-state index in [1.807, 2.05) is 10.6 Å². The molecule has 3 rings (SSSR count). The second-order valence-electron chi connectivity index (χ2n) is 3.83. The van der Waals surface area contributed by atoms with Gasteiger partial charge in [-0.3, -0.25) is 5.43 Å². The molecule has 4 N–H and O–H groups in total. The summed E-state index contributed by atoms with van der Waals surface area (Å²) in [5, 5.41) is 9.81. The lowest BCUT2D eigenvalue weighted by Gasteiger charge is -2.06. The van der Waals surface area contributed by atoms with Crippen molar-refractivity contribution in [1.82, 2.24) is 9.55 Å². The number of benzene rings is 1. The Morgan fingerprint density at radius 1 is 1.47 bits per heavy atom. The second kappa shape index (κ2) is 2.87. The maximum atomic E-state index is 9.81. The molecule has 0 spiro atoms. The van der Waals surface area contributed by atoms with Crippen LogP contribution in [0.2, 0.25) is 0 Å². The molecule has 5 heteroatoms. The number of nitrogens with two attached hydrogens (primary N) is 1. The molecule has 1 aliphatic carbocycles. The quantitative estimate of drug-likeness (QED) is 0.510. The summed E-state index contributed by atoms with van der Waals surface area (Å²) in [7, 11) is 0. The van der Waals surface area contributed by atoms with Gasteiger partial charge in [0.1, 0.15) is 11.3 Å². The SMILES string of the molecule is NNc1nc2cccc(O)c2n1C1CC1. The van der Waals surface area contributed by atoms with Crippen molar-refractivity contribution in [2.45, 2.75) is 18.9 Å². The highest BCUT2D eigenvalue weighted by molar-refractivity contribution is 5.84. The standard InChI is InChI=1S/C10H12N4O/c11-13-10-12-7-2-1-3-8(15)9(7)14(10)6-4-5-6/h1-3,6,15H,4-5,11H2,(H,12,13). The van der Waals surface area contributed by atoms with Crippen LogP contribution in [-0.2, 0) is 0 Å². The average Bonchev–Trinajstić information content (AvgIpc) is 2.99. The average molecular weight is 204 g/mol. The molecule has 5 nitrogen and oxygen atoms in total. The van der Waals surface area contributed by atoms with Crippen LogP contribution < -0.4 is 11.3 Å². The zero-order valence-corrected chi connectivity index (χ0v) is 8.14. The topological polar surface area (TPSA) is 76.1 Å². The molecule has 0 bridgehead atoms. The number of nitrogen functional groups attached to an aromatic ring is 1. The Labute approximate surface area is 86.5 Å². The number of anilines is 1. The molecule has 1 heterocycles. The number of phenols is 1. The number of imidazole rings is 1. The molecule has 0 amide bonds. The fourth-order valence-electron chi connectivity index (χ4n) is 1.92. The molecular weight excluding hydrogens is 192 g/mol. The number of hydrogen-bond acceptors (Lipinski definition) is 4. The van der Waals surface area contributed by atoms with Crippen LogP contribution in [-0.4, -0.2) is 14.7 Å². The molecule has 78 valence electrons. The van der Waals surface area contributed by atoms with E-state index in [0.717, 1.165) is 23.9 Å². The second-order valence-corrected chi connectivity index (χ2v) is 3.83. The van der Waals surface area contributed by atoms with Gasteiger partial charge >= 0.3 is 0 Å². The van der Waals surface area contributed by atoms with Gasteiger partial charge in [-0.25, -0.2) is 10.8 Å². The minimum Gasteiger partial charge on any atom is -0.506 e. The van der Waals surface area contributed by atoms with Gasteiger partial charge in [-0.15, -0.1) is 0 Å². The Morgan fingerprint density at radius 3 is 2.93 bits per heavy atom. The van der Waals surface area contributed by atoms with E-state index in [9.17, 15) is 5.11 Å². The minimum atomic E-state index is 0.258. The third-order valence-corrected chi connectivity index (χ3v) is 2.73. The van der Waals surface area contributed by atoms with Crippen LogP contribution in [0.1, 0.15) is 18.9 Å². The first kappa shape index (κ1) is 8.55. The smallest absolute Gasteiger partial charge is 0.218 e. The van der Waals surface area contributed by atoms with Crippen molar-refractivity contribution in [1.29, 1.82) is 0 Å². The molecule has 0 unspecified atom stereocenters. The molecule has 1 saturated carbocycles. The van der Waals surface area contributed by atoms with Crippen LogP contribution in [0.3, 0.4) is 0 Å². The van der Waals surface area contributed by atoms with E-state index in [1.54, 1.807) is 12.1 Å². The van der Waals surface area contributed by atoms with Gasteiger partial charge in [0.05, 0.1) is 5.52 Å². The van der Waals surface area contributed by atoms with Crippen molar-refractivity contribution in [3.05, 3.63) is 18.2 Å². The predicted molar refractivity (Wildman–Crippen MR) is 57.5 cm³/mol. The van der Waals surface area contributed by atoms with E-state index < -0.39 is 0 Å². The summed E-state index contributed by atoms with van der Waals surface area (Å²) >= 11 is 0. The fourth-order valence-corrected chi connectivity index (χ4v) is 1.92. The first-order valence-corrected chi connectivity index (χ1v) is 4.98. The predicted octanol–water partition coefficient (Wildman–Crippen LogP) is 1.36. The van der Waals surface area contributed by atoms with E-state index in [1.165, 1.54) is 0 Å². The summed E-state index contributed by atoms with van der Waals surface area (Å²) in [6.45, 7) is 0. The van der Waals surface area contributed by atoms with Crippen LogP contribution >= 0.6 is 0 Å². The Balaban J connectivity index is 2.35. The van der Waals surface area contributed by atoms with Gasteiger partial charge in [-0.05, 0) is 25.0 Å². The number of para-hydroxylation sites is 1. The fraction of sp³-hybridized carbons (Fsp3) is 0.300. The molecule has 1 aromatic heterocycles. The molecule has 0 radical (unpaired) electrons. The lowest BCUT2D eigenvalue weighted by molar-refractivity contribution is 0.478. The van der Waals surface area contributed by atoms with Crippen LogP contribution in [0.4, 0.5) is 5.95 Å². The van der Waals surface area contributed by atoms with Crippen molar-refractivity contribution in [2.75, 3.05) is 5.43 Å². The van der Waals surface area contributed by atoms with Crippen molar-refractivity contribution in [3.8, 4) is 5.75 Å². The third kappa shape index (κ3) is 1.16. The molecular formula is C10H12N4O. The van der Waals surface area contributed by atoms with Crippen LogP contribution in [0.25, 0.3) is 11.0 Å². The highest BCUT2D eigenvalue weighted by Crippen LogP contribution is 2.41. The third-order valence-electron chi connectivity index (χ3n) is 2.73. The van der Waals surface area contributed by atoms with E-state index in [0.29, 0.717) is 12.0 Å². The summed E-state index contributed by atoms with van der Waals surface area (Å²) in [4.78, 5) is 4.32. The summed E-state index contributed by atoms with van der Waals surface area (Å²) in [5.41, 5.74) is 4.12. The van der Waals surface area contributed by atoms with Crippen molar-refractivity contribution in [3.63, 3.8) is 0 Å². The maximum absolute atomic E-state index is 9.81. The number of hydrogen-bond donors (Lipinski definition) is 3. The van der Waals surface area contributed by atoms with Gasteiger partial charge in [0.2, 0.25) is 5.95 Å². The molecule has 1 fully saturated rings. The van der Waals surface area contributed by atoms with Gasteiger partial charge in [0.25, 0.3) is 0 Å². The number of fused-ring (bicyclic) bond motifs is 1. The zero-order chi connectivity index (χ0) is 10.4. The summed E-state index contributed by atoms with van der Waals surface area (Å²) in [6, 6.07) is 5.74.